The molecule has 3 fully saturated rings. The molecule has 1 aromatic heterocycles. The molecule has 1 unspecified atom stereocenters. The Labute approximate surface area is 189 Å². The van der Waals surface area contributed by atoms with Crippen molar-refractivity contribution >= 4 is 23.0 Å². The highest BCUT2D eigenvalue weighted by atomic mass is 19.1. The minimum absolute atomic E-state index is 0.0475. The number of fused-ring (bicyclic) bond motifs is 2. The molecular formula is C25H21F2N5O. The molecule has 0 saturated heterocycles. The van der Waals surface area contributed by atoms with Crippen molar-refractivity contribution in [3.8, 4) is 6.07 Å². The molecule has 8 heteroatoms. The second-order valence-corrected chi connectivity index (χ2v) is 9.53. The van der Waals surface area contributed by atoms with Crippen molar-refractivity contribution in [2.75, 3.05) is 0 Å². The summed E-state index contributed by atoms with van der Waals surface area (Å²) >= 11 is 0. The van der Waals surface area contributed by atoms with E-state index in [0.29, 0.717) is 29.4 Å². The fraction of sp³-hybridized carbons (Fsp3) is 0.360. The maximum Gasteiger partial charge on any atom is 0.249 e. The molecular weight excluding hydrogens is 424 g/mol. The zero-order chi connectivity index (χ0) is 22.7. The number of aromatic nitrogens is 2. The summed E-state index contributed by atoms with van der Waals surface area (Å²) in [4.78, 5) is 13.6. The van der Waals surface area contributed by atoms with E-state index in [1.165, 1.54) is 17.1 Å². The molecule has 2 bridgehead atoms. The third-order valence-corrected chi connectivity index (χ3v) is 7.57. The molecule has 166 valence electrons. The standard InChI is InChI=1S/C25H21F2N5O/c26-20-6-16(7-21(27)8-20)23-3-4-29-32(23)24(33)25-9-18(10-25)19(11-25)14-31-22-2-1-15(12-28)5-17(22)13-30-31/h1-2,4-8,13,18-19,23H,3,9-11,14H2/t18?,19?,23-,25?/m0/s1. The van der Waals surface area contributed by atoms with Crippen LogP contribution in [0.15, 0.2) is 47.7 Å². The molecule has 7 rings (SSSR count). The van der Waals surface area contributed by atoms with Gasteiger partial charge in [0.25, 0.3) is 0 Å². The number of nitrogens with zero attached hydrogens (tertiary/aromatic N) is 5. The van der Waals surface area contributed by atoms with Crippen LogP contribution in [-0.4, -0.2) is 26.9 Å². The first-order valence-corrected chi connectivity index (χ1v) is 11.1. The lowest BCUT2D eigenvalue weighted by molar-refractivity contribution is -0.148. The second-order valence-electron chi connectivity index (χ2n) is 9.53. The average Bonchev–Trinajstić information content (AvgIpc) is 3.54. The molecule has 33 heavy (non-hydrogen) atoms. The van der Waals surface area contributed by atoms with Gasteiger partial charge in [-0.05, 0) is 67.0 Å². The number of carbonyl (C=O) groups is 1. The molecule has 1 aliphatic heterocycles. The summed E-state index contributed by atoms with van der Waals surface area (Å²) in [5.41, 5.74) is 1.56. The van der Waals surface area contributed by atoms with Crippen LogP contribution in [0.2, 0.25) is 0 Å². The van der Waals surface area contributed by atoms with Gasteiger partial charge in [-0.15, -0.1) is 0 Å². The zero-order valence-electron chi connectivity index (χ0n) is 17.8. The number of hydrogen-bond acceptors (Lipinski definition) is 4. The summed E-state index contributed by atoms with van der Waals surface area (Å²) in [6.45, 7) is 0.719. The van der Waals surface area contributed by atoms with Crippen LogP contribution in [-0.2, 0) is 11.3 Å². The van der Waals surface area contributed by atoms with Gasteiger partial charge >= 0.3 is 0 Å². The maximum atomic E-state index is 13.8. The highest BCUT2D eigenvalue weighted by Gasteiger charge is 2.61. The van der Waals surface area contributed by atoms with Gasteiger partial charge in [0.05, 0.1) is 34.8 Å². The van der Waals surface area contributed by atoms with Crippen LogP contribution in [0.3, 0.4) is 0 Å². The number of nitriles is 1. The summed E-state index contributed by atoms with van der Waals surface area (Å²) < 4.78 is 29.5. The van der Waals surface area contributed by atoms with Crippen molar-refractivity contribution in [1.29, 1.82) is 5.26 Å². The molecule has 2 heterocycles. The van der Waals surface area contributed by atoms with Gasteiger partial charge in [0, 0.05) is 30.6 Å². The van der Waals surface area contributed by atoms with E-state index >= 15 is 0 Å². The van der Waals surface area contributed by atoms with Gasteiger partial charge in [-0.1, -0.05) is 0 Å². The van der Waals surface area contributed by atoms with Crippen molar-refractivity contribution in [1.82, 2.24) is 14.8 Å². The molecule has 0 spiro atoms. The van der Waals surface area contributed by atoms with Gasteiger partial charge in [-0.25, -0.2) is 13.8 Å². The molecule has 3 saturated carbocycles. The number of rotatable bonds is 4. The van der Waals surface area contributed by atoms with E-state index in [1.807, 2.05) is 16.8 Å². The van der Waals surface area contributed by atoms with Gasteiger partial charge in [-0.3, -0.25) is 9.48 Å². The van der Waals surface area contributed by atoms with E-state index in [4.69, 9.17) is 5.26 Å². The van der Waals surface area contributed by atoms with Crippen LogP contribution in [0.1, 0.15) is 42.9 Å². The second kappa shape index (κ2) is 7.20. The number of hydrazone groups is 1. The van der Waals surface area contributed by atoms with Crippen molar-refractivity contribution in [2.45, 2.75) is 38.3 Å². The van der Waals surface area contributed by atoms with Gasteiger partial charge in [0.1, 0.15) is 11.6 Å². The van der Waals surface area contributed by atoms with Crippen molar-refractivity contribution in [3.63, 3.8) is 0 Å². The van der Waals surface area contributed by atoms with Crippen LogP contribution in [0.4, 0.5) is 8.78 Å². The predicted molar refractivity (Wildman–Crippen MR) is 117 cm³/mol. The number of carbonyl (C=O) groups excluding carboxylic acids is 1. The molecule has 3 aromatic rings. The molecule has 4 aliphatic rings. The summed E-state index contributed by atoms with van der Waals surface area (Å²) in [5.74, 6) is -0.581. The Morgan fingerprint density at radius 1 is 1.15 bits per heavy atom. The Morgan fingerprint density at radius 3 is 2.70 bits per heavy atom. The highest BCUT2D eigenvalue weighted by molar-refractivity contribution is 5.87. The van der Waals surface area contributed by atoms with E-state index in [-0.39, 0.29) is 5.91 Å². The predicted octanol–water partition coefficient (Wildman–Crippen LogP) is 4.56. The van der Waals surface area contributed by atoms with Gasteiger partial charge in [0.2, 0.25) is 5.91 Å². The highest BCUT2D eigenvalue weighted by Crippen LogP contribution is 2.63. The third-order valence-electron chi connectivity index (χ3n) is 7.57. The van der Waals surface area contributed by atoms with Crippen molar-refractivity contribution in [2.24, 2.45) is 22.4 Å². The lowest BCUT2D eigenvalue weighted by Gasteiger charge is -2.40. The molecule has 2 atom stereocenters. The molecule has 6 nitrogen and oxygen atoms in total. The molecule has 0 N–H and O–H groups in total. The Hall–Kier alpha value is -3.60. The summed E-state index contributed by atoms with van der Waals surface area (Å²) in [6, 6.07) is 10.6. The first-order valence-electron chi connectivity index (χ1n) is 11.1. The largest absolute Gasteiger partial charge is 0.272 e. The van der Waals surface area contributed by atoms with E-state index in [1.54, 1.807) is 18.5 Å². The molecule has 0 radical (unpaired) electrons. The van der Waals surface area contributed by atoms with Gasteiger partial charge < -0.3 is 0 Å². The summed E-state index contributed by atoms with van der Waals surface area (Å²) in [5, 5.41) is 20.3. The number of halogens is 2. The first kappa shape index (κ1) is 20.0. The van der Waals surface area contributed by atoms with Crippen LogP contribution in [0, 0.1) is 40.2 Å². The molecule has 3 aliphatic carbocycles. The molecule has 1 amide bonds. The fourth-order valence-corrected chi connectivity index (χ4v) is 6.01. The normalized spacial score (nSPS) is 27.7. The summed E-state index contributed by atoms with van der Waals surface area (Å²) in [7, 11) is 0. The Kier molecular flexibility index (Phi) is 4.37. The SMILES string of the molecule is N#Cc1ccc2c(cnn2CC2CC3(C(=O)N4N=CC[C@H]4c4cc(F)cc(F)c4)CC2C3)c1. The Bertz CT molecular complexity index is 1330. The maximum absolute atomic E-state index is 13.8. The van der Waals surface area contributed by atoms with Crippen LogP contribution < -0.4 is 0 Å². The zero-order valence-corrected chi connectivity index (χ0v) is 17.8. The van der Waals surface area contributed by atoms with Crippen molar-refractivity contribution in [3.05, 3.63) is 65.4 Å². The van der Waals surface area contributed by atoms with Crippen LogP contribution in [0.25, 0.3) is 10.9 Å². The Morgan fingerprint density at radius 2 is 1.94 bits per heavy atom. The van der Waals surface area contributed by atoms with Crippen molar-refractivity contribution < 1.29 is 13.6 Å². The quantitative estimate of drug-likeness (QED) is 0.591. The fourth-order valence-electron chi connectivity index (χ4n) is 6.01. The minimum Gasteiger partial charge on any atom is -0.272 e. The number of hydrogen-bond donors (Lipinski definition) is 0. The number of benzene rings is 2. The monoisotopic (exact) mass is 445 g/mol. The van der Waals surface area contributed by atoms with Crippen LogP contribution in [0.5, 0.6) is 0 Å². The average molecular weight is 445 g/mol. The third kappa shape index (κ3) is 3.14. The lowest BCUT2D eigenvalue weighted by atomic mass is 9.68. The smallest absolute Gasteiger partial charge is 0.249 e. The topological polar surface area (TPSA) is 74.3 Å². The van der Waals surface area contributed by atoms with E-state index < -0.39 is 23.1 Å². The Balaban J connectivity index is 1.20. The van der Waals surface area contributed by atoms with Gasteiger partial charge in [0.15, 0.2) is 0 Å². The first-order chi connectivity index (χ1) is 16.0. The lowest BCUT2D eigenvalue weighted by Crippen LogP contribution is -2.45. The van der Waals surface area contributed by atoms with E-state index in [9.17, 15) is 13.6 Å². The summed E-state index contributed by atoms with van der Waals surface area (Å²) in [6.07, 6.45) is 6.25. The molecule has 2 aromatic carbocycles. The number of amides is 1. The minimum atomic E-state index is -0.652. The van der Waals surface area contributed by atoms with Crippen LogP contribution >= 0.6 is 0 Å². The van der Waals surface area contributed by atoms with E-state index in [0.717, 1.165) is 42.8 Å². The van der Waals surface area contributed by atoms with Gasteiger partial charge in [-0.2, -0.15) is 15.5 Å². The van der Waals surface area contributed by atoms with E-state index in [2.05, 4.69) is 16.3 Å².